The van der Waals surface area contributed by atoms with Crippen molar-refractivity contribution in [3.8, 4) is 5.75 Å². The van der Waals surface area contributed by atoms with Crippen LogP contribution in [0.1, 0.15) is 11.1 Å². The van der Waals surface area contributed by atoms with Crippen LogP contribution in [0.25, 0.3) is 5.76 Å². The van der Waals surface area contributed by atoms with E-state index in [1.807, 2.05) is 12.1 Å². The van der Waals surface area contributed by atoms with Gasteiger partial charge in [0.15, 0.2) is 0 Å². The molecule has 2 aromatic carbocycles. The number of hydrogen-bond donors (Lipinski definition) is 1. The Morgan fingerprint density at radius 1 is 1.20 bits per heavy atom. The maximum atomic E-state index is 13.1. The largest absolute Gasteiger partial charge is 0.508 e. The molecule has 0 aromatic heterocycles. The number of fused-ring (bicyclic) bond motifs is 1. The smallest absolute Gasteiger partial charge is 0.148 e. The second kappa shape index (κ2) is 4.81. The first-order valence-electron chi connectivity index (χ1n) is 6.12. The average molecular weight is 269 g/mol. The van der Waals surface area contributed by atoms with Crippen molar-refractivity contribution in [3.05, 3.63) is 66.0 Å². The van der Waals surface area contributed by atoms with E-state index in [1.165, 1.54) is 12.1 Å². The summed E-state index contributed by atoms with van der Waals surface area (Å²) >= 11 is 0. The lowest BCUT2D eigenvalue weighted by Gasteiger charge is -2.17. The van der Waals surface area contributed by atoms with E-state index in [2.05, 4.69) is 11.6 Å². The molecule has 0 aliphatic carbocycles. The average Bonchev–Trinajstić information content (AvgIpc) is 2.47. The van der Waals surface area contributed by atoms with Crippen molar-refractivity contribution in [2.24, 2.45) is 4.99 Å². The van der Waals surface area contributed by atoms with Crippen LogP contribution < -0.4 is 4.74 Å². The summed E-state index contributed by atoms with van der Waals surface area (Å²) < 4.78 is 18.6. The van der Waals surface area contributed by atoms with Crippen molar-refractivity contribution in [2.75, 3.05) is 6.61 Å². The van der Waals surface area contributed by atoms with Gasteiger partial charge in [0.05, 0.1) is 5.71 Å². The van der Waals surface area contributed by atoms with Crippen molar-refractivity contribution in [2.45, 2.75) is 0 Å². The van der Waals surface area contributed by atoms with Crippen LogP contribution in [0, 0.1) is 5.82 Å². The number of nitrogens with zero attached hydrogens (tertiary/aromatic N) is 1. The highest BCUT2D eigenvalue weighted by Gasteiger charge is 2.15. The monoisotopic (exact) mass is 269 g/mol. The molecule has 1 N–H and O–H groups in total. The molecule has 3 rings (SSSR count). The Labute approximate surface area is 115 Å². The number of benzene rings is 2. The van der Waals surface area contributed by atoms with Crippen LogP contribution in [0.2, 0.25) is 0 Å². The highest BCUT2D eigenvalue weighted by molar-refractivity contribution is 6.04. The van der Waals surface area contributed by atoms with Gasteiger partial charge in [0, 0.05) is 11.6 Å². The number of aliphatic imine (C=N–C) groups is 1. The zero-order chi connectivity index (χ0) is 14.1. The third kappa shape index (κ3) is 2.28. The fraction of sp³-hybridized carbons (Fsp3) is 0.0625. The van der Waals surface area contributed by atoms with Crippen LogP contribution in [-0.4, -0.2) is 17.4 Å². The minimum Gasteiger partial charge on any atom is -0.508 e. The molecule has 0 saturated carbocycles. The summed E-state index contributed by atoms with van der Waals surface area (Å²) in [6, 6.07) is 11.5. The third-order valence-electron chi connectivity index (χ3n) is 3.09. The molecule has 100 valence electrons. The van der Waals surface area contributed by atoms with Gasteiger partial charge in [-0.15, -0.1) is 0 Å². The first-order chi connectivity index (χ1) is 9.63. The number of ether oxygens (including phenoxy) is 1. The molecule has 0 atom stereocenters. The summed E-state index contributed by atoms with van der Waals surface area (Å²) in [4.78, 5) is 4.47. The molecule has 0 spiro atoms. The van der Waals surface area contributed by atoms with Gasteiger partial charge in [-0.25, -0.2) is 9.38 Å². The first kappa shape index (κ1) is 12.4. The molecule has 3 nitrogen and oxygen atoms in total. The second-order valence-electron chi connectivity index (χ2n) is 4.48. The molecule has 20 heavy (non-hydrogen) atoms. The summed E-state index contributed by atoms with van der Waals surface area (Å²) in [5.74, 6) is 0.140. The molecule has 2 aromatic rings. The zero-order valence-corrected chi connectivity index (χ0v) is 10.6. The van der Waals surface area contributed by atoms with Crippen LogP contribution in [-0.2, 0) is 0 Å². The van der Waals surface area contributed by atoms with Crippen LogP contribution >= 0.6 is 0 Å². The maximum absolute atomic E-state index is 13.1. The molecule has 0 radical (unpaired) electrons. The van der Waals surface area contributed by atoms with E-state index in [1.54, 1.807) is 18.2 Å². The third-order valence-corrected chi connectivity index (χ3v) is 3.09. The molecule has 0 amide bonds. The molecule has 0 unspecified atom stereocenters. The predicted octanol–water partition coefficient (Wildman–Crippen LogP) is 3.87. The Morgan fingerprint density at radius 3 is 2.65 bits per heavy atom. The van der Waals surface area contributed by atoms with Gasteiger partial charge in [0.1, 0.15) is 29.6 Å². The zero-order valence-electron chi connectivity index (χ0n) is 10.6. The number of hydrogen-bond acceptors (Lipinski definition) is 3. The normalized spacial score (nSPS) is 13.2. The van der Waals surface area contributed by atoms with E-state index in [-0.39, 0.29) is 18.2 Å². The van der Waals surface area contributed by atoms with Gasteiger partial charge in [-0.3, -0.25) is 0 Å². The van der Waals surface area contributed by atoms with Crippen molar-refractivity contribution in [3.63, 3.8) is 0 Å². The van der Waals surface area contributed by atoms with E-state index in [0.29, 0.717) is 17.0 Å². The van der Waals surface area contributed by atoms with Crippen molar-refractivity contribution >= 4 is 17.2 Å². The molecule has 1 aliphatic heterocycles. The van der Waals surface area contributed by atoms with Gasteiger partial charge in [-0.1, -0.05) is 30.8 Å². The number of aliphatic hydroxyl groups excluding tert-OH is 1. The fourth-order valence-electron chi connectivity index (χ4n) is 2.02. The van der Waals surface area contributed by atoms with Crippen molar-refractivity contribution in [1.29, 1.82) is 0 Å². The number of rotatable bonds is 2. The predicted molar refractivity (Wildman–Crippen MR) is 76.2 cm³/mol. The molecular formula is C16H12FNO2. The molecule has 0 saturated heterocycles. The van der Waals surface area contributed by atoms with E-state index in [0.717, 1.165) is 11.3 Å². The fourth-order valence-corrected chi connectivity index (χ4v) is 2.02. The Balaban J connectivity index is 1.95. The Morgan fingerprint density at radius 2 is 1.95 bits per heavy atom. The minimum atomic E-state index is -0.340. The standard InChI is InChI=1S/C16H12FNO2/c1-10(19)11-2-4-12(5-3-11)15-9-20-16-8-13(17)6-7-14(16)18-15/h2-8,19H,1,9H2. The summed E-state index contributed by atoms with van der Waals surface area (Å²) in [7, 11) is 0. The van der Waals surface area contributed by atoms with Crippen molar-refractivity contribution in [1.82, 2.24) is 0 Å². The van der Waals surface area contributed by atoms with Crippen molar-refractivity contribution < 1.29 is 14.2 Å². The maximum Gasteiger partial charge on any atom is 0.148 e. The second-order valence-corrected chi connectivity index (χ2v) is 4.48. The number of aliphatic hydroxyl groups is 1. The lowest BCUT2D eigenvalue weighted by atomic mass is 10.1. The van der Waals surface area contributed by atoms with Gasteiger partial charge in [0.2, 0.25) is 0 Å². The summed E-state index contributed by atoms with van der Waals surface area (Å²) in [6.45, 7) is 3.76. The minimum absolute atomic E-state index is 0.0270. The number of halogens is 1. The van der Waals surface area contributed by atoms with Gasteiger partial charge in [-0.2, -0.15) is 0 Å². The highest BCUT2D eigenvalue weighted by Crippen LogP contribution is 2.32. The Bertz CT molecular complexity index is 705. The lowest BCUT2D eigenvalue weighted by Crippen LogP contribution is -2.16. The molecular weight excluding hydrogens is 257 g/mol. The molecule has 1 heterocycles. The Kier molecular flexibility index (Phi) is 2.99. The lowest BCUT2D eigenvalue weighted by molar-refractivity contribution is 0.370. The van der Waals surface area contributed by atoms with E-state index in [9.17, 15) is 9.50 Å². The van der Waals surface area contributed by atoms with Crippen LogP contribution in [0.15, 0.2) is 54.0 Å². The topological polar surface area (TPSA) is 41.8 Å². The van der Waals surface area contributed by atoms with Gasteiger partial charge < -0.3 is 9.84 Å². The van der Waals surface area contributed by atoms with E-state index < -0.39 is 0 Å². The molecule has 1 aliphatic rings. The van der Waals surface area contributed by atoms with Gasteiger partial charge in [0.25, 0.3) is 0 Å². The molecule has 0 fully saturated rings. The summed E-state index contributed by atoms with van der Waals surface area (Å²) in [5, 5.41) is 9.30. The van der Waals surface area contributed by atoms with Crippen LogP contribution in [0.4, 0.5) is 10.1 Å². The summed E-state index contributed by atoms with van der Waals surface area (Å²) in [5.41, 5.74) is 2.93. The quantitative estimate of drug-likeness (QED) is 0.841. The van der Waals surface area contributed by atoms with Gasteiger partial charge in [-0.05, 0) is 17.7 Å². The first-order valence-corrected chi connectivity index (χ1v) is 6.12. The molecule has 0 bridgehead atoms. The molecule has 4 heteroatoms. The Hall–Kier alpha value is -2.62. The highest BCUT2D eigenvalue weighted by atomic mass is 19.1. The summed E-state index contributed by atoms with van der Waals surface area (Å²) in [6.07, 6.45) is 0. The van der Waals surface area contributed by atoms with Crippen LogP contribution in [0.3, 0.4) is 0 Å². The van der Waals surface area contributed by atoms with Crippen LogP contribution in [0.5, 0.6) is 5.75 Å². The van der Waals surface area contributed by atoms with Gasteiger partial charge >= 0.3 is 0 Å². The SMILES string of the molecule is C=C(O)c1ccc(C2=Nc3ccc(F)cc3OC2)cc1. The van der Waals surface area contributed by atoms with E-state index >= 15 is 0 Å². The van der Waals surface area contributed by atoms with E-state index in [4.69, 9.17) is 4.74 Å².